The first-order valence-corrected chi connectivity index (χ1v) is 9.60. The number of nitrogens with zero attached hydrogens (tertiary/aromatic N) is 3. The average Bonchev–Trinajstić information content (AvgIpc) is 3.02. The number of fused-ring (bicyclic) bond motifs is 1. The van der Waals surface area contributed by atoms with Gasteiger partial charge in [0.2, 0.25) is 0 Å². The molecular formula is C19H20N4O3S. The number of nitrogens with one attached hydrogen (secondary N) is 1. The van der Waals surface area contributed by atoms with E-state index in [0.29, 0.717) is 16.9 Å². The Morgan fingerprint density at radius 3 is 2.59 bits per heavy atom. The zero-order chi connectivity index (χ0) is 19.6. The van der Waals surface area contributed by atoms with Crippen LogP contribution in [0.25, 0.3) is 5.65 Å². The fourth-order valence-electron chi connectivity index (χ4n) is 2.88. The Bertz CT molecular complexity index is 998. The van der Waals surface area contributed by atoms with Crippen LogP contribution < -0.4 is 5.32 Å². The quantitative estimate of drug-likeness (QED) is 0.634. The number of aromatic nitrogens is 3. The molecule has 140 valence electrons. The number of carbonyl (C=O) groups excluding carboxylic acids is 1. The summed E-state index contributed by atoms with van der Waals surface area (Å²) in [4.78, 5) is 29.4. The maximum absolute atomic E-state index is 12.8. The van der Waals surface area contributed by atoms with E-state index in [-0.39, 0.29) is 12.3 Å². The average molecular weight is 384 g/mol. The highest BCUT2D eigenvalue weighted by Gasteiger charge is 2.21. The molecule has 0 fully saturated rings. The van der Waals surface area contributed by atoms with Gasteiger partial charge in [-0.3, -0.25) is 9.59 Å². The van der Waals surface area contributed by atoms with E-state index in [9.17, 15) is 14.7 Å². The van der Waals surface area contributed by atoms with Gasteiger partial charge in [-0.25, -0.2) is 9.50 Å². The van der Waals surface area contributed by atoms with Crippen molar-refractivity contribution in [3.05, 3.63) is 59.0 Å². The summed E-state index contributed by atoms with van der Waals surface area (Å²) in [6, 6.07) is 8.68. The first-order valence-electron chi connectivity index (χ1n) is 8.37. The normalized spacial score (nSPS) is 12.1. The van der Waals surface area contributed by atoms with Gasteiger partial charge in [-0.2, -0.15) is 5.10 Å². The minimum Gasteiger partial charge on any atom is -0.481 e. The Labute approximate surface area is 160 Å². The molecule has 0 radical (unpaired) electrons. The molecular weight excluding hydrogens is 364 g/mol. The predicted molar refractivity (Wildman–Crippen MR) is 103 cm³/mol. The van der Waals surface area contributed by atoms with E-state index < -0.39 is 12.0 Å². The Kier molecular flexibility index (Phi) is 5.46. The summed E-state index contributed by atoms with van der Waals surface area (Å²) in [6.45, 7) is 3.64. The number of hydrogen-bond acceptors (Lipinski definition) is 5. The van der Waals surface area contributed by atoms with Crippen LogP contribution in [0, 0.1) is 13.8 Å². The van der Waals surface area contributed by atoms with E-state index in [1.54, 1.807) is 23.2 Å². The molecule has 1 atom stereocenters. The summed E-state index contributed by atoms with van der Waals surface area (Å²) in [7, 11) is 0. The number of carboxylic acid groups (broad SMARTS) is 1. The van der Waals surface area contributed by atoms with Crippen molar-refractivity contribution >= 4 is 29.3 Å². The summed E-state index contributed by atoms with van der Waals surface area (Å²) in [5.74, 6) is -1.36. The van der Waals surface area contributed by atoms with Crippen molar-refractivity contribution in [2.45, 2.75) is 31.2 Å². The van der Waals surface area contributed by atoms with E-state index in [1.165, 1.54) is 6.20 Å². The molecule has 0 saturated carbocycles. The zero-order valence-electron chi connectivity index (χ0n) is 15.3. The van der Waals surface area contributed by atoms with Gasteiger partial charge in [-0.1, -0.05) is 12.1 Å². The van der Waals surface area contributed by atoms with Crippen molar-refractivity contribution in [1.29, 1.82) is 0 Å². The molecule has 1 unspecified atom stereocenters. The monoisotopic (exact) mass is 384 g/mol. The van der Waals surface area contributed by atoms with E-state index in [4.69, 9.17) is 0 Å². The van der Waals surface area contributed by atoms with Crippen molar-refractivity contribution in [3.63, 3.8) is 0 Å². The molecule has 2 heterocycles. The van der Waals surface area contributed by atoms with Crippen molar-refractivity contribution < 1.29 is 14.7 Å². The molecule has 1 amide bonds. The number of aliphatic carboxylic acids is 1. The van der Waals surface area contributed by atoms with Gasteiger partial charge in [0.15, 0.2) is 5.65 Å². The first kappa shape index (κ1) is 18.9. The molecule has 2 aromatic heterocycles. The van der Waals surface area contributed by atoms with Crippen LogP contribution in [0.2, 0.25) is 0 Å². The van der Waals surface area contributed by atoms with Crippen LogP contribution in [0.5, 0.6) is 0 Å². The highest BCUT2D eigenvalue weighted by molar-refractivity contribution is 7.98. The molecule has 0 bridgehead atoms. The number of hydrogen-bond donors (Lipinski definition) is 2. The van der Waals surface area contributed by atoms with Crippen LogP contribution in [-0.2, 0) is 4.79 Å². The fraction of sp³-hybridized carbons (Fsp3) is 0.263. The minimum atomic E-state index is -0.984. The molecule has 1 aromatic carbocycles. The lowest BCUT2D eigenvalue weighted by atomic mass is 10.0. The van der Waals surface area contributed by atoms with Crippen molar-refractivity contribution in [1.82, 2.24) is 19.9 Å². The molecule has 7 nitrogen and oxygen atoms in total. The number of benzene rings is 1. The zero-order valence-corrected chi connectivity index (χ0v) is 16.1. The van der Waals surface area contributed by atoms with Gasteiger partial charge >= 0.3 is 5.97 Å². The Hall–Kier alpha value is -2.87. The number of thioether (sulfide) groups is 1. The number of carboxylic acids is 1. The van der Waals surface area contributed by atoms with Crippen LogP contribution in [0.3, 0.4) is 0 Å². The highest BCUT2D eigenvalue weighted by Crippen LogP contribution is 2.22. The standard InChI is InChI=1S/C19H20N4O3S/c1-11-8-17-20-10-15(12(2)23(17)22-11)19(26)21-16(9-18(24)25)13-4-6-14(27-3)7-5-13/h4-8,10,16H,9H2,1-3H3,(H,21,26)(H,24,25). The third-order valence-electron chi connectivity index (χ3n) is 4.29. The van der Waals surface area contributed by atoms with Crippen LogP contribution in [0.15, 0.2) is 41.4 Å². The topological polar surface area (TPSA) is 96.6 Å². The molecule has 3 aromatic rings. The summed E-state index contributed by atoms with van der Waals surface area (Å²) in [5, 5.41) is 16.4. The summed E-state index contributed by atoms with van der Waals surface area (Å²) in [5.41, 5.74) is 3.22. The predicted octanol–water partition coefficient (Wildman–Crippen LogP) is 3.01. The van der Waals surface area contributed by atoms with Crippen molar-refractivity contribution in [2.75, 3.05) is 6.26 Å². The second-order valence-electron chi connectivity index (χ2n) is 6.21. The maximum Gasteiger partial charge on any atom is 0.305 e. The molecule has 0 aliphatic rings. The third-order valence-corrected chi connectivity index (χ3v) is 5.04. The molecule has 0 aliphatic heterocycles. The number of amides is 1. The van der Waals surface area contributed by atoms with Gasteiger partial charge in [-0.15, -0.1) is 11.8 Å². The van der Waals surface area contributed by atoms with Gasteiger partial charge in [0.1, 0.15) is 0 Å². The lowest BCUT2D eigenvalue weighted by Gasteiger charge is -2.18. The van der Waals surface area contributed by atoms with E-state index >= 15 is 0 Å². The number of rotatable bonds is 6. The van der Waals surface area contributed by atoms with Crippen LogP contribution in [0.1, 0.15) is 39.8 Å². The lowest BCUT2D eigenvalue weighted by Crippen LogP contribution is -2.31. The summed E-state index contributed by atoms with van der Waals surface area (Å²) in [6.07, 6.45) is 3.25. The second-order valence-corrected chi connectivity index (χ2v) is 7.09. The summed E-state index contributed by atoms with van der Waals surface area (Å²) < 4.78 is 1.61. The van der Waals surface area contributed by atoms with Gasteiger partial charge < -0.3 is 10.4 Å². The molecule has 8 heteroatoms. The molecule has 3 rings (SSSR count). The van der Waals surface area contributed by atoms with Crippen LogP contribution in [0.4, 0.5) is 0 Å². The largest absolute Gasteiger partial charge is 0.481 e. The minimum absolute atomic E-state index is 0.208. The lowest BCUT2D eigenvalue weighted by molar-refractivity contribution is -0.137. The molecule has 27 heavy (non-hydrogen) atoms. The number of aryl methyl sites for hydroxylation is 2. The highest BCUT2D eigenvalue weighted by atomic mass is 32.2. The first-order chi connectivity index (χ1) is 12.9. The molecule has 0 saturated heterocycles. The van der Waals surface area contributed by atoms with Crippen molar-refractivity contribution in [2.24, 2.45) is 0 Å². The Morgan fingerprint density at radius 2 is 1.96 bits per heavy atom. The van der Waals surface area contributed by atoms with E-state index in [2.05, 4.69) is 15.4 Å². The van der Waals surface area contributed by atoms with Crippen molar-refractivity contribution in [3.8, 4) is 0 Å². The van der Waals surface area contributed by atoms with E-state index in [1.807, 2.05) is 43.5 Å². The molecule has 0 aliphatic carbocycles. The van der Waals surface area contributed by atoms with Crippen LogP contribution >= 0.6 is 11.8 Å². The van der Waals surface area contributed by atoms with Gasteiger partial charge in [0.05, 0.1) is 29.4 Å². The van der Waals surface area contributed by atoms with Gasteiger partial charge in [-0.05, 0) is 37.8 Å². The summed E-state index contributed by atoms with van der Waals surface area (Å²) >= 11 is 1.60. The molecule has 2 N–H and O–H groups in total. The van der Waals surface area contributed by atoms with Gasteiger partial charge in [0.25, 0.3) is 5.91 Å². The third kappa shape index (κ3) is 4.11. The second kappa shape index (κ2) is 7.79. The Balaban J connectivity index is 1.89. The smallest absolute Gasteiger partial charge is 0.305 e. The Morgan fingerprint density at radius 1 is 1.26 bits per heavy atom. The number of carbonyl (C=O) groups is 2. The fourth-order valence-corrected chi connectivity index (χ4v) is 3.29. The molecule has 0 spiro atoms. The van der Waals surface area contributed by atoms with E-state index in [0.717, 1.165) is 16.2 Å². The van der Waals surface area contributed by atoms with Gasteiger partial charge in [0, 0.05) is 17.2 Å². The van der Waals surface area contributed by atoms with Crippen LogP contribution in [-0.4, -0.2) is 37.8 Å². The maximum atomic E-state index is 12.8. The SMILES string of the molecule is CSc1ccc(C(CC(=O)O)NC(=O)c2cnc3cc(C)nn3c2C)cc1.